The Balaban J connectivity index is 3.04. The van der Waals surface area contributed by atoms with Crippen LogP contribution in [-0.2, 0) is 9.47 Å². The Hall–Kier alpha value is 0.210. The van der Waals surface area contributed by atoms with Gasteiger partial charge in [-0.1, -0.05) is 11.6 Å². The van der Waals surface area contributed by atoms with Crippen LogP contribution in [0.25, 0.3) is 0 Å². The van der Waals surface area contributed by atoms with Gasteiger partial charge in [0, 0.05) is 0 Å². The van der Waals surface area contributed by atoms with Crippen LogP contribution in [0.3, 0.4) is 0 Å². The van der Waals surface area contributed by atoms with E-state index in [0.717, 1.165) is 0 Å². The van der Waals surface area contributed by atoms with Gasteiger partial charge in [0.2, 0.25) is 0 Å². The van der Waals surface area contributed by atoms with E-state index in [1.165, 1.54) is 0 Å². The number of ether oxygens (including phenoxy) is 2. The molecule has 0 bridgehead atoms. The summed E-state index contributed by atoms with van der Waals surface area (Å²) in [5, 5.41) is 0. The van der Waals surface area contributed by atoms with Crippen LogP contribution in [0.1, 0.15) is 20.8 Å². The molecule has 10 heavy (non-hydrogen) atoms. The molecule has 0 saturated carbocycles. The van der Waals surface area contributed by atoms with Gasteiger partial charge < -0.3 is 9.47 Å². The maximum atomic E-state index is 5.35. The first-order valence-electron chi connectivity index (χ1n) is 3.34. The van der Waals surface area contributed by atoms with Crippen molar-refractivity contribution in [1.82, 2.24) is 0 Å². The maximum absolute atomic E-state index is 5.35. The summed E-state index contributed by atoms with van der Waals surface area (Å²) in [5.41, 5.74) is -0.0737. The zero-order chi connectivity index (χ0) is 8.04. The highest BCUT2D eigenvalue weighted by molar-refractivity contribution is 6.17. The van der Waals surface area contributed by atoms with E-state index in [1.54, 1.807) is 0 Å². The minimum absolute atomic E-state index is 0.0737. The molecule has 2 nitrogen and oxygen atoms in total. The van der Waals surface area contributed by atoms with E-state index >= 15 is 0 Å². The first kappa shape index (κ1) is 10.2. The molecule has 0 aromatic carbocycles. The van der Waals surface area contributed by atoms with E-state index < -0.39 is 0 Å². The topological polar surface area (TPSA) is 18.5 Å². The van der Waals surface area contributed by atoms with Crippen molar-refractivity contribution < 1.29 is 9.47 Å². The van der Waals surface area contributed by atoms with Crippen LogP contribution in [-0.4, -0.2) is 24.9 Å². The van der Waals surface area contributed by atoms with Crippen molar-refractivity contribution in [1.29, 1.82) is 0 Å². The van der Waals surface area contributed by atoms with Gasteiger partial charge >= 0.3 is 0 Å². The summed E-state index contributed by atoms with van der Waals surface area (Å²) < 4.78 is 10.2. The molecule has 3 heteroatoms. The normalized spacial score (nSPS) is 12.0. The lowest BCUT2D eigenvalue weighted by Gasteiger charge is -2.18. The highest BCUT2D eigenvalue weighted by atomic mass is 35.5. The average Bonchev–Trinajstić information content (AvgIpc) is 1.78. The molecule has 0 aromatic heterocycles. The van der Waals surface area contributed by atoms with E-state index in [-0.39, 0.29) is 11.7 Å². The summed E-state index contributed by atoms with van der Waals surface area (Å²) in [6.45, 7) is 7.20. The molecule has 0 atom stereocenters. The molecule has 0 aromatic rings. The fourth-order valence-electron chi connectivity index (χ4n) is 0.461. The van der Waals surface area contributed by atoms with Crippen molar-refractivity contribution in [3.8, 4) is 0 Å². The Bertz CT molecular complexity index is 78.2. The zero-order valence-corrected chi connectivity index (χ0v) is 7.57. The maximum Gasteiger partial charge on any atom is 0.120 e. The molecule has 0 fully saturated rings. The predicted molar refractivity (Wildman–Crippen MR) is 42.4 cm³/mol. The van der Waals surface area contributed by atoms with Gasteiger partial charge in [-0.15, -0.1) is 0 Å². The number of hydrogen-bond donors (Lipinski definition) is 0. The van der Waals surface area contributed by atoms with Crippen LogP contribution in [0.4, 0.5) is 0 Å². The van der Waals surface area contributed by atoms with Crippen LogP contribution in [0.5, 0.6) is 0 Å². The summed E-state index contributed by atoms with van der Waals surface area (Å²) in [7, 11) is 0. The van der Waals surface area contributed by atoms with Gasteiger partial charge in [0.05, 0.1) is 18.8 Å². The van der Waals surface area contributed by atoms with Gasteiger partial charge in [0.1, 0.15) is 6.07 Å². The molecule has 0 rings (SSSR count). The van der Waals surface area contributed by atoms with Crippen molar-refractivity contribution >= 4 is 11.6 Å². The second kappa shape index (κ2) is 4.94. The Kier molecular flexibility index (Phi) is 5.04. The lowest BCUT2D eigenvalue weighted by Crippen LogP contribution is -2.21. The molecule has 0 aliphatic carbocycles. The largest absolute Gasteiger partial charge is 0.373 e. The van der Waals surface area contributed by atoms with Gasteiger partial charge in [-0.2, -0.15) is 0 Å². The van der Waals surface area contributed by atoms with Crippen LogP contribution >= 0.6 is 11.6 Å². The van der Waals surface area contributed by atoms with Crippen molar-refractivity contribution in [2.24, 2.45) is 0 Å². The summed E-state index contributed by atoms with van der Waals surface area (Å²) in [5.74, 6) is 0. The predicted octanol–water partition coefficient (Wildman–Crippen LogP) is 2.01. The van der Waals surface area contributed by atoms with Gasteiger partial charge in [-0.05, 0) is 20.8 Å². The molecule has 0 aliphatic rings. The minimum Gasteiger partial charge on any atom is -0.373 e. The van der Waals surface area contributed by atoms with Crippen LogP contribution in [0, 0.1) is 0 Å². The van der Waals surface area contributed by atoms with Gasteiger partial charge in [-0.25, -0.2) is 0 Å². The van der Waals surface area contributed by atoms with E-state index in [9.17, 15) is 0 Å². The SMILES string of the molecule is CC(C)(C)OCCOCCl. The third-order valence-corrected chi connectivity index (χ3v) is 0.994. The van der Waals surface area contributed by atoms with Crippen LogP contribution in [0.15, 0.2) is 0 Å². The van der Waals surface area contributed by atoms with Crippen LogP contribution < -0.4 is 0 Å². The number of alkyl halides is 1. The van der Waals surface area contributed by atoms with Crippen molar-refractivity contribution in [2.45, 2.75) is 26.4 Å². The lowest BCUT2D eigenvalue weighted by atomic mass is 10.2. The summed E-state index contributed by atoms with van der Waals surface area (Å²) >= 11 is 5.27. The van der Waals surface area contributed by atoms with E-state index in [4.69, 9.17) is 21.1 Å². The highest BCUT2D eigenvalue weighted by Crippen LogP contribution is 2.05. The van der Waals surface area contributed by atoms with Gasteiger partial charge in [0.15, 0.2) is 0 Å². The second-order valence-corrected chi connectivity index (χ2v) is 3.20. The first-order chi connectivity index (χ1) is 4.56. The van der Waals surface area contributed by atoms with E-state index in [0.29, 0.717) is 13.2 Å². The highest BCUT2D eigenvalue weighted by Gasteiger charge is 2.08. The number of rotatable bonds is 4. The van der Waals surface area contributed by atoms with Crippen molar-refractivity contribution in [3.63, 3.8) is 0 Å². The first-order valence-corrected chi connectivity index (χ1v) is 3.87. The molecular weight excluding hydrogens is 152 g/mol. The molecule has 0 amide bonds. The average molecular weight is 167 g/mol. The Morgan fingerprint density at radius 3 is 2.20 bits per heavy atom. The Labute approximate surface area is 67.5 Å². The fourth-order valence-corrected chi connectivity index (χ4v) is 0.570. The molecule has 0 radical (unpaired) electrons. The van der Waals surface area contributed by atoms with Crippen LogP contribution in [0.2, 0.25) is 0 Å². The Morgan fingerprint density at radius 1 is 1.20 bits per heavy atom. The summed E-state index contributed by atoms with van der Waals surface area (Å²) in [6, 6.07) is 0.244. The Morgan fingerprint density at radius 2 is 1.80 bits per heavy atom. The molecule has 0 spiro atoms. The molecule has 0 saturated heterocycles. The second-order valence-electron chi connectivity index (χ2n) is 2.98. The van der Waals surface area contributed by atoms with Crippen molar-refractivity contribution in [3.05, 3.63) is 0 Å². The quantitative estimate of drug-likeness (QED) is 0.470. The number of halogens is 1. The fraction of sp³-hybridized carbons (Fsp3) is 1.00. The van der Waals surface area contributed by atoms with E-state index in [1.807, 2.05) is 20.8 Å². The third-order valence-electron chi connectivity index (χ3n) is 0.840. The minimum atomic E-state index is -0.0737. The third kappa shape index (κ3) is 8.21. The van der Waals surface area contributed by atoms with Crippen molar-refractivity contribution in [2.75, 3.05) is 19.3 Å². The van der Waals surface area contributed by atoms with E-state index in [2.05, 4.69) is 0 Å². The summed E-state index contributed by atoms with van der Waals surface area (Å²) in [4.78, 5) is 0. The summed E-state index contributed by atoms with van der Waals surface area (Å²) in [6.07, 6.45) is 0. The molecule has 0 unspecified atom stereocenters. The lowest BCUT2D eigenvalue weighted by molar-refractivity contribution is -0.0293. The molecule has 0 aliphatic heterocycles. The molecule has 0 heterocycles. The van der Waals surface area contributed by atoms with Gasteiger partial charge in [0.25, 0.3) is 0 Å². The molecule has 0 N–H and O–H groups in total. The van der Waals surface area contributed by atoms with Gasteiger partial charge in [-0.3, -0.25) is 0 Å². The molecule has 62 valence electrons. The smallest absolute Gasteiger partial charge is 0.120 e. The standard InChI is InChI=1S/C7H15ClO2/c1-7(2,3)10-5-4-9-6-8/h4-6H2,1-3H3. The molecular formula is C7H15ClO2. The monoisotopic (exact) mass is 166 g/mol. The number of hydrogen-bond acceptors (Lipinski definition) is 2. The zero-order valence-electron chi connectivity index (χ0n) is 6.82.